The molecule has 2 heterocycles. The van der Waals surface area contributed by atoms with Crippen molar-refractivity contribution in [3.63, 3.8) is 0 Å². The zero-order valence-corrected chi connectivity index (χ0v) is 19.6. The minimum atomic E-state index is -4.16. The molecule has 0 bridgehead atoms. The molecule has 0 saturated carbocycles. The molecule has 0 radical (unpaired) electrons. The Labute approximate surface area is 194 Å². The van der Waals surface area contributed by atoms with E-state index in [2.05, 4.69) is 4.72 Å². The molecule has 0 spiro atoms. The zero-order valence-electron chi connectivity index (χ0n) is 17.9. The van der Waals surface area contributed by atoms with Crippen molar-refractivity contribution in [2.45, 2.75) is 24.1 Å². The van der Waals surface area contributed by atoms with Crippen LogP contribution < -0.4 is 4.72 Å². The summed E-state index contributed by atoms with van der Waals surface area (Å²) >= 11 is 0.935. The number of methoxy groups -OCH3 is 1. The highest BCUT2D eigenvalue weighted by Crippen LogP contribution is 2.37. The summed E-state index contributed by atoms with van der Waals surface area (Å²) in [5.41, 5.74) is 2.22. The zero-order chi connectivity index (χ0) is 23.8. The van der Waals surface area contributed by atoms with Gasteiger partial charge in [-0.05, 0) is 55.3 Å². The smallest absolute Gasteiger partial charge is 0.340 e. The summed E-state index contributed by atoms with van der Waals surface area (Å²) in [4.78, 5) is 27.8. The quantitative estimate of drug-likeness (QED) is 0.549. The first-order chi connectivity index (χ1) is 15.7. The Balaban J connectivity index is 1.69. The molecule has 1 aliphatic rings. The van der Waals surface area contributed by atoms with Crippen molar-refractivity contribution in [3.8, 4) is 0 Å². The number of carbonyl (C=O) groups excluding carboxylic acids is 2. The predicted molar refractivity (Wildman–Crippen MR) is 122 cm³/mol. The van der Waals surface area contributed by atoms with Gasteiger partial charge in [0.15, 0.2) is 4.21 Å². The minimum absolute atomic E-state index is 0.0187. The first-order valence-electron chi connectivity index (χ1n) is 10.1. The molecule has 0 saturated heterocycles. The molecule has 1 aliphatic heterocycles. The first kappa shape index (κ1) is 22.9. The number of esters is 1. The van der Waals surface area contributed by atoms with E-state index < -0.39 is 21.8 Å². The van der Waals surface area contributed by atoms with E-state index in [9.17, 15) is 22.4 Å². The molecule has 2 aromatic carbocycles. The van der Waals surface area contributed by atoms with Gasteiger partial charge in [0.1, 0.15) is 5.82 Å². The van der Waals surface area contributed by atoms with Gasteiger partial charge in [0.25, 0.3) is 15.9 Å². The molecule has 1 amide bonds. The number of thiophene rings is 1. The van der Waals surface area contributed by atoms with Crippen LogP contribution in [0.15, 0.2) is 52.7 Å². The topological polar surface area (TPSA) is 92.8 Å². The van der Waals surface area contributed by atoms with Gasteiger partial charge in [-0.1, -0.05) is 17.7 Å². The van der Waals surface area contributed by atoms with E-state index in [4.69, 9.17) is 4.74 Å². The molecule has 172 valence electrons. The second kappa shape index (κ2) is 8.95. The number of nitrogens with one attached hydrogen (secondary N) is 1. The van der Waals surface area contributed by atoms with Gasteiger partial charge in [0, 0.05) is 22.7 Å². The number of benzene rings is 2. The van der Waals surface area contributed by atoms with Crippen LogP contribution in [0, 0.1) is 12.7 Å². The Morgan fingerprint density at radius 1 is 1.15 bits per heavy atom. The third kappa shape index (κ3) is 4.62. The third-order valence-corrected chi connectivity index (χ3v) is 8.42. The molecule has 7 nitrogen and oxygen atoms in total. The molecule has 10 heteroatoms. The monoisotopic (exact) mass is 488 g/mol. The summed E-state index contributed by atoms with van der Waals surface area (Å²) in [6, 6.07) is 12.1. The number of ether oxygens (including phenoxy) is 1. The van der Waals surface area contributed by atoms with Crippen molar-refractivity contribution in [1.82, 2.24) is 4.90 Å². The van der Waals surface area contributed by atoms with Gasteiger partial charge in [0.05, 0.1) is 19.2 Å². The fourth-order valence-electron chi connectivity index (χ4n) is 3.73. The fourth-order valence-corrected chi connectivity index (χ4v) is 6.69. The Bertz CT molecular complexity index is 1330. The molecule has 0 atom stereocenters. The van der Waals surface area contributed by atoms with Gasteiger partial charge >= 0.3 is 5.97 Å². The molecule has 1 N–H and O–H groups in total. The lowest BCUT2D eigenvalue weighted by Crippen LogP contribution is -2.35. The molecular formula is C23H21FN2O5S2. The van der Waals surface area contributed by atoms with E-state index in [0.717, 1.165) is 29.0 Å². The lowest BCUT2D eigenvalue weighted by atomic mass is 10.0. The van der Waals surface area contributed by atoms with Crippen LogP contribution in [-0.4, -0.2) is 38.8 Å². The summed E-state index contributed by atoms with van der Waals surface area (Å²) in [5, 5.41) is 0. The van der Waals surface area contributed by atoms with Crippen LogP contribution in [0.25, 0.3) is 0 Å². The van der Waals surface area contributed by atoms with E-state index in [0.29, 0.717) is 29.0 Å². The molecule has 1 aromatic heterocycles. The van der Waals surface area contributed by atoms with Gasteiger partial charge in [0.2, 0.25) is 0 Å². The normalized spacial score (nSPS) is 13.4. The van der Waals surface area contributed by atoms with Gasteiger partial charge in [-0.3, -0.25) is 9.52 Å². The number of nitrogens with zero attached hydrogens (tertiary/aromatic N) is 1. The Hall–Kier alpha value is -3.24. The lowest BCUT2D eigenvalue weighted by Gasteiger charge is -2.27. The van der Waals surface area contributed by atoms with E-state index in [-0.39, 0.29) is 27.9 Å². The van der Waals surface area contributed by atoms with Crippen molar-refractivity contribution >= 4 is 38.9 Å². The Morgan fingerprint density at radius 2 is 1.88 bits per heavy atom. The number of fused-ring (bicyclic) bond motifs is 1. The van der Waals surface area contributed by atoms with Crippen molar-refractivity contribution in [3.05, 3.63) is 81.5 Å². The van der Waals surface area contributed by atoms with Crippen LogP contribution in [0.4, 0.5) is 10.1 Å². The summed E-state index contributed by atoms with van der Waals surface area (Å²) in [5.74, 6) is -1.42. The van der Waals surface area contributed by atoms with Crippen LogP contribution in [0.2, 0.25) is 0 Å². The number of hydrogen-bond acceptors (Lipinski definition) is 6. The molecule has 4 rings (SSSR count). The molecule has 3 aromatic rings. The van der Waals surface area contributed by atoms with E-state index in [1.165, 1.54) is 19.2 Å². The van der Waals surface area contributed by atoms with Crippen LogP contribution in [0.5, 0.6) is 0 Å². The second-order valence-corrected chi connectivity index (χ2v) is 10.6. The SMILES string of the molecule is COC(=O)c1c(S(=O)(=O)Nc2ccc(F)cc2)sc2c1CCN(C(=O)c1cccc(C)c1)C2. The maximum absolute atomic E-state index is 13.2. The minimum Gasteiger partial charge on any atom is -0.465 e. The van der Waals surface area contributed by atoms with Crippen molar-refractivity contribution < 1.29 is 27.1 Å². The Morgan fingerprint density at radius 3 is 2.55 bits per heavy atom. The number of aryl methyl sites for hydroxylation is 1. The highest BCUT2D eigenvalue weighted by atomic mass is 32.2. The largest absolute Gasteiger partial charge is 0.465 e. The molecule has 0 aliphatic carbocycles. The average molecular weight is 489 g/mol. The van der Waals surface area contributed by atoms with E-state index in [1.807, 2.05) is 19.1 Å². The van der Waals surface area contributed by atoms with Crippen LogP contribution in [-0.2, 0) is 27.7 Å². The van der Waals surface area contributed by atoms with Crippen molar-refractivity contribution in [1.29, 1.82) is 0 Å². The summed E-state index contributed by atoms with van der Waals surface area (Å²) in [6.45, 7) is 2.42. The molecular weight excluding hydrogens is 467 g/mol. The van der Waals surface area contributed by atoms with Crippen molar-refractivity contribution in [2.24, 2.45) is 0 Å². The maximum atomic E-state index is 13.2. The second-order valence-electron chi connectivity index (χ2n) is 7.62. The first-order valence-corrected chi connectivity index (χ1v) is 12.4. The highest BCUT2D eigenvalue weighted by molar-refractivity contribution is 7.94. The third-order valence-electron chi connectivity index (χ3n) is 5.31. The number of sulfonamides is 1. The molecule has 0 fully saturated rings. The lowest BCUT2D eigenvalue weighted by molar-refractivity contribution is 0.0595. The van der Waals surface area contributed by atoms with Crippen LogP contribution in [0.1, 0.15) is 36.7 Å². The predicted octanol–water partition coefficient (Wildman–Crippen LogP) is 3.98. The summed E-state index contributed by atoms with van der Waals surface area (Å²) < 4.78 is 46.5. The van der Waals surface area contributed by atoms with Crippen LogP contribution in [0.3, 0.4) is 0 Å². The number of carbonyl (C=O) groups is 2. The van der Waals surface area contributed by atoms with E-state index in [1.54, 1.807) is 17.0 Å². The Kier molecular flexibility index (Phi) is 6.22. The maximum Gasteiger partial charge on any atom is 0.340 e. The molecule has 0 unspecified atom stereocenters. The number of anilines is 1. The number of rotatable bonds is 5. The number of hydrogen-bond donors (Lipinski definition) is 1. The van der Waals surface area contributed by atoms with Gasteiger partial charge < -0.3 is 9.64 Å². The highest BCUT2D eigenvalue weighted by Gasteiger charge is 2.35. The molecule has 33 heavy (non-hydrogen) atoms. The summed E-state index contributed by atoms with van der Waals surface area (Å²) in [6.07, 6.45) is 0.319. The fraction of sp³-hybridized carbons (Fsp3) is 0.217. The average Bonchev–Trinajstić information content (AvgIpc) is 3.19. The van der Waals surface area contributed by atoms with E-state index >= 15 is 0 Å². The van der Waals surface area contributed by atoms with Gasteiger partial charge in [-0.25, -0.2) is 17.6 Å². The van der Waals surface area contributed by atoms with Gasteiger partial charge in [-0.15, -0.1) is 11.3 Å². The summed E-state index contributed by atoms with van der Waals surface area (Å²) in [7, 11) is -2.97. The number of amides is 1. The van der Waals surface area contributed by atoms with Crippen molar-refractivity contribution in [2.75, 3.05) is 18.4 Å². The van der Waals surface area contributed by atoms with Gasteiger partial charge in [-0.2, -0.15) is 0 Å². The standard InChI is InChI=1S/C23H21FN2O5S2/c1-14-4-3-5-15(12-14)21(27)26-11-10-18-19(13-26)32-23(20(18)22(28)31-2)33(29,30)25-17-8-6-16(24)7-9-17/h3-9,12,25H,10-11,13H2,1-2H3. The van der Waals surface area contributed by atoms with Crippen LogP contribution >= 0.6 is 11.3 Å². The number of halogens is 1.